The predicted octanol–water partition coefficient (Wildman–Crippen LogP) is 1.99. The summed E-state index contributed by atoms with van der Waals surface area (Å²) in [5.41, 5.74) is 6.40. The van der Waals surface area contributed by atoms with Crippen LogP contribution in [0.4, 0.5) is 4.79 Å². The lowest BCUT2D eigenvalue weighted by atomic mass is 9.96. The molecule has 2 rings (SSSR count). The lowest BCUT2D eigenvalue weighted by Gasteiger charge is -2.27. The van der Waals surface area contributed by atoms with Crippen LogP contribution in [0.2, 0.25) is 0 Å². The number of rotatable bonds is 7. The lowest BCUT2D eigenvalue weighted by Crippen LogP contribution is -2.40. The fraction of sp³-hybridized carbons (Fsp3) is 0.556. The minimum absolute atomic E-state index is 0.0808. The summed E-state index contributed by atoms with van der Waals surface area (Å²) in [4.78, 5) is 23.7. The van der Waals surface area contributed by atoms with Gasteiger partial charge in [0.1, 0.15) is 24.4 Å². The van der Waals surface area contributed by atoms with Crippen molar-refractivity contribution in [1.82, 2.24) is 0 Å². The Kier molecular flexibility index (Phi) is 6.68. The average Bonchev–Trinajstić information content (AvgIpc) is 2.54. The van der Waals surface area contributed by atoms with Crippen molar-refractivity contribution in [2.24, 2.45) is 5.73 Å². The molecule has 0 aliphatic heterocycles. The van der Waals surface area contributed by atoms with Crippen LogP contribution in [0.3, 0.4) is 0 Å². The Hall–Kier alpha value is -2.48. The number of carbonyl (C=O) groups is 2. The van der Waals surface area contributed by atoms with Gasteiger partial charge in [-0.3, -0.25) is 4.79 Å². The van der Waals surface area contributed by atoms with Gasteiger partial charge in [0.05, 0.1) is 0 Å². The molecule has 8 nitrogen and oxygen atoms in total. The van der Waals surface area contributed by atoms with E-state index in [2.05, 4.69) is 0 Å². The number of phenols is 2. The van der Waals surface area contributed by atoms with E-state index in [1.807, 2.05) is 0 Å². The molecule has 1 aliphatic rings. The topological polar surface area (TPSA) is 128 Å². The summed E-state index contributed by atoms with van der Waals surface area (Å²) in [6.07, 6.45) is 0.617. The van der Waals surface area contributed by atoms with E-state index in [4.69, 9.17) is 19.9 Å². The third-order valence-electron chi connectivity index (χ3n) is 4.36. The summed E-state index contributed by atoms with van der Waals surface area (Å²) >= 11 is 0. The Balaban J connectivity index is 1.78. The Bertz CT molecular complexity index is 644. The fourth-order valence-electron chi connectivity index (χ4n) is 2.30. The monoisotopic (exact) mass is 367 g/mol. The molecule has 1 aliphatic carbocycles. The Morgan fingerprint density at radius 1 is 1.15 bits per heavy atom. The maximum Gasteiger partial charge on any atom is 0.508 e. The first kappa shape index (κ1) is 19.8. The number of benzene rings is 1. The third kappa shape index (κ3) is 5.52. The van der Waals surface area contributed by atoms with Crippen molar-refractivity contribution in [3.8, 4) is 11.5 Å². The molecule has 1 aromatic carbocycles. The van der Waals surface area contributed by atoms with Crippen LogP contribution in [0.5, 0.6) is 11.5 Å². The molecule has 0 unspecified atom stereocenters. The molecule has 0 heterocycles. The summed E-state index contributed by atoms with van der Waals surface area (Å²) in [6.45, 7) is 3.20. The molecular weight excluding hydrogens is 342 g/mol. The summed E-state index contributed by atoms with van der Waals surface area (Å²) in [6, 6.07) is 3.23. The maximum atomic E-state index is 12.1. The van der Waals surface area contributed by atoms with Gasteiger partial charge in [0.15, 0.2) is 11.5 Å². The van der Waals surface area contributed by atoms with Crippen molar-refractivity contribution in [2.75, 3.05) is 0 Å². The zero-order chi connectivity index (χ0) is 19.3. The van der Waals surface area contributed by atoms with Crippen LogP contribution in [-0.4, -0.2) is 46.7 Å². The van der Waals surface area contributed by atoms with Gasteiger partial charge in [-0.15, -0.1) is 0 Å². The van der Waals surface area contributed by atoms with Crippen LogP contribution in [0.25, 0.3) is 0 Å². The molecule has 1 fully saturated rings. The smallest absolute Gasteiger partial charge is 0.504 e. The molecule has 8 heteroatoms. The van der Waals surface area contributed by atoms with Gasteiger partial charge >= 0.3 is 12.1 Å². The fourth-order valence-corrected chi connectivity index (χ4v) is 2.30. The van der Waals surface area contributed by atoms with Crippen LogP contribution in [0.15, 0.2) is 18.2 Å². The Morgan fingerprint density at radius 3 is 2.38 bits per heavy atom. The van der Waals surface area contributed by atoms with E-state index < -0.39 is 30.4 Å². The number of hydrogen-bond donors (Lipinski definition) is 3. The zero-order valence-electron chi connectivity index (χ0n) is 14.9. The highest BCUT2D eigenvalue weighted by Crippen LogP contribution is 2.25. The second-order valence-electron chi connectivity index (χ2n) is 6.52. The van der Waals surface area contributed by atoms with Crippen LogP contribution >= 0.6 is 0 Å². The van der Waals surface area contributed by atoms with E-state index in [0.717, 1.165) is 19.3 Å². The van der Waals surface area contributed by atoms with Crippen molar-refractivity contribution in [1.29, 1.82) is 0 Å². The van der Waals surface area contributed by atoms with Gasteiger partial charge in [-0.25, -0.2) is 4.79 Å². The van der Waals surface area contributed by atoms with Crippen LogP contribution in [-0.2, 0) is 25.4 Å². The van der Waals surface area contributed by atoms with Crippen molar-refractivity contribution in [3.63, 3.8) is 0 Å². The highest BCUT2D eigenvalue weighted by atomic mass is 16.7. The second-order valence-corrected chi connectivity index (χ2v) is 6.52. The van der Waals surface area contributed by atoms with Gasteiger partial charge in [0.2, 0.25) is 0 Å². The van der Waals surface area contributed by atoms with E-state index >= 15 is 0 Å². The predicted molar refractivity (Wildman–Crippen MR) is 91.7 cm³/mol. The van der Waals surface area contributed by atoms with Crippen molar-refractivity contribution in [3.05, 3.63) is 23.8 Å². The maximum absolute atomic E-state index is 12.1. The number of ether oxygens (including phenoxy) is 3. The Labute approximate surface area is 151 Å². The number of carbonyl (C=O) groups excluding carboxylic acids is 2. The van der Waals surface area contributed by atoms with E-state index in [0.29, 0.717) is 5.56 Å². The summed E-state index contributed by atoms with van der Waals surface area (Å²) < 4.78 is 15.4. The molecule has 0 aromatic heterocycles. The van der Waals surface area contributed by atoms with Gasteiger partial charge in [-0.1, -0.05) is 6.07 Å². The molecular formula is C18H25NO7. The highest BCUT2D eigenvalue weighted by molar-refractivity contribution is 5.76. The quantitative estimate of drug-likeness (QED) is 0.493. The molecule has 0 saturated heterocycles. The first-order valence-electron chi connectivity index (χ1n) is 8.60. The molecule has 0 spiro atoms. The highest BCUT2D eigenvalue weighted by Gasteiger charge is 2.27. The molecule has 144 valence electrons. The zero-order valence-corrected chi connectivity index (χ0v) is 14.9. The molecule has 4 N–H and O–H groups in total. The number of phenolic OH excluding ortho intramolecular Hbond substituents is 2. The molecule has 0 radical (unpaired) electrons. The lowest BCUT2D eigenvalue weighted by molar-refractivity contribution is -0.156. The van der Waals surface area contributed by atoms with Gasteiger partial charge in [0, 0.05) is 0 Å². The number of aromatic hydroxyl groups is 2. The second kappa shape index (κ2) is 8.75. The van der Waals surface area contributed by atoms with E-state index in [1.165, 1.54) is 12.1 Å². The van der Waals surface area contributed by atoms with Crippen molar-refractivity contribution < 1.29 is 34.0 Å². The van der Waals surface area contributed by atoms with Crippen LogP contribution in [0.1, 0.15) is 38.7 Å². The van der Waals surface area contributed by atoms with Crippen LogP contribution < -0.4 is 5.73 Å². The average molecular weight is 367 g/mol. The summed E-state index contributed by atoms with van der Waals surface area (Å²) in [5.74, 6) is -1.20. The number of hydrogen-bond acceptors (Lipinski definition) is 8. The standard InChI is InChI=1S/C18H25NO7/c1-10(11(2)25-18(23)26-13-4-3-5-13)24-17(22)14(19)8-12-6-7-15(20)16(21)9-12/h6-7,9-11,13-14,20-21H,3-5,8,19H2,1-2H3/t10-,11+,14+/m1/s1. The van der Waals surface area contributed by atoms with E-state index in [1.54, 1.807) is 19.9 Å². The van der Waals surface area contributed by atoms with Gasteiger partial charge in [-0.2, -0.15) is 0 Å². The molecule has 0 amide bonds. The number of esters is 1. The molecule has 1 saturated carbocycles. The summed E-state index contributed by atoms with van der Waals surface area (Å²) in [7, 11) is 0. The minimum Gasteiger partial charge on any atom is -0.504 e. The van der Waals surface area contributed by atoms with Gasteiger partial charge in [-0.05, 0) is 57.2 Å². The molecule has 0 bridgehead atoms. The van der Waals surface area contributed by atoms with E-state index in [-0.39, 0.29) is 24.0 Å². The molecule has 3 atom stereocenters. The van der Waals surface area contributed by atoms with Gasteiger partial charge < -0.3 is 30.2 Å². The van der Waals surface area contributed by atoms with Crippen molar-refractivity contribution in [2.45, 2.75) is 63.9 Å². The first-order valence-corrected chi connectivity index (χ1v) is 8.60. The summed E-state index contributed by atoms with van der Waals surface area (Å²) in [5, 5.41) is 18.8. The number of nitrogens with two attached hydrogens (primary N) is 1. The minimum atomic E-state index is -0.962. The molecule has 1 aromatic rings. The first-order chi connectivity index (χ1) is 12.3. The molecule has 26 heavy (non-hydrogen) atoms. The normalized spacial score (nSPS) is 17.5. The SMILES string of the molecule is C[C@H](OC(=O)OC1CCC1)[C@@H](C)OC(=O)[C@@H](N)Cc1ccc(O)c(O)c1. The van der Waals surface area contributed by atoms with E-state index in [9.17, 15) is 19.8 Å². The largest absolute Gasteiger partial charge is 0.508 e. The van der Waals surface area contributed by atoms with Crippen LogP contribution in [0, 0.1) is 0 Å². The Morgan fingerprint density at radius 2 is 1.81 bits per heavy atom. The van der Waals surface area contributed by atoms with Crippen molar-refractivity contribution >= 4 is 12.1 Å². The third-order valence-corrected chi connectivity index (χ3v) is 4.36. The van der Waals surface area contributed by atoms with Gasteiger partial charge in [0.25, 0.3) is 0 Å².